The molecule has 4 nitrogen and oxygen atoms in total. The van der Waals surface area contributed by atoms with Crippen LogP contribution in [0.5, 0.6) is 0 Å². The molecule has 0 radical (unpaired) electrons. The second-order valence-electron chi connectivity index (χ2n) is 6.66. The summed E-state index contributed by atoms with van der Waals surface area (Å²) in [5.74, 6) is 0.518. The number of aromatic nitrogens is 1. The lowest BCUT2D eigenvalue weighted by Gasteiger charge is -2.11. The van der Waals surface area contributed by atoms with E-state index >= 15 is 0 Å². The molecule has 6 heteroatoms. The van der Waals surface area contributed by atoms with Crippen LogP contribution < -0.4 is 10.6 Å². The summed E-state index contributed by atoms with van der Waals surface area (Å²) in [4.78, 5) is 17.1. The topological polar surface area (TPSA) is 54.0 Å². The van der Waals surface area contributed by atoms with Crippen LogP contribution in [-0.2, 0) is 0 Å². The normalized spacial score (nSPS) is 10.7. The largest absolute Gasteiger partial charge is 0.340 e. The van der Waals surface area contributed by atoms with Gasteiger partial charge in [0.25, 0.3) is 5.91 Å². The van der Waals surface area contributed by atoms with E-state index in [1.54, 1.807) is 24.3 Å². The minimum absolute atomic E-state index is 0.211. The Kier molecular flexibility index (Phi) is 5.38. The van der Waals surface area contributed by atoms with Crippen molar-refractivity contribution in [3.8, 4) is 0 Å². The first-order valence-corrected chi connectivity index (χ1v) is 9.74. The molecule has 0 aliphatic heterocycles. The van der Waals surface area contributed by atoms with Gasteiger partial charge in [-0.15, -0.1) is 0 Å². The van der Waals surface area contributed by atoms with E-state index in [4.69, 9.17) is 23.2 Å². The van der Waals surface area contributed by atoms with Crippen LogP contribution in [0.4, 0.5) is 17.2 Å². The predicted molar refractivity (Wildman–Crippen MR) is 121 cm³/mol. The van der Waals surface area contributed by atoms with E-state index < -0.39 is 0 Å². The molecule has 1 heterocycles. The molecule has 144 valence electrons. The molecule has 2 N–H and O–H groups in total. The van der Waals surface area contributed by atoms with Gasteiger partial charge in [0.05, 0.1) is 5.52 Å². The Hall–Kier alpha value is -3.08. The highest BCUT2D eigenvalue weighted by molar-refractivity contribution is 6.31. The number of carbonyl (C=O) groups excluding carboxylic acids is 1. The monoisotopic (exact) mass is 421 g/mol. The van der Waals surface area contributed by atoms with Crippen LogP contribution in [-0.4, -0.2) is 10.9 Å². The first-order valence-electron chi connectivity index (χ1n) is 8.99. The summed E-state index contributed by atoms with van der Waals surface area (Å²) in [5, 5.41) is 8.33. The van der Waals surface area contributed by atoms with Crippen molar-refractivity contribution in [1.82, 2.24) is 4.98 Å². The van der Waals surface area contributed by atoms with Gasteiger partial charge in [-0.1, -0.05) is 35.3 Å². The summed E-state index contributed by atoms with van der Waals surface area (Å²) < 4.78 is 0. The number of halogens is 2. The van der Waals surface area contributed by atoms with Gasteiger partial charge in [-0.25, -0.2) is 4.98 Å². The molecule has 1 amide bonds. The van der Waals surface area contributed by atoms with Crippen molar-refractivity contribution >= 4 is 57.2 Å². The number of aryl methyl sites for hydroxylation is 1. The maximum absolute atomic E-state index is 12.5. The Morgan fingerprint density at radius 3 is 2.38 bits per heavy atom. The van der Waals surface area contributed by atoms with Crippen LogP contribution in [0.2, 0.25) is 10.0 Å². The summed E-state index contributed by atoms with van der Waals surface area (Å²) in [7, 11) is 0. The Morgan fingerprint density at radius 2 is 1.62 bits per heavy atom. The van der Waals surface area contributed by atoms with Crippen LogP contribution in [0.15, 0.2) is 72.8 Å². The number of carbonyl (C=O) groups is 1. The molecule has 0 spiro atoms. The van der Waals surface area contributed by atoms with Crippen LogP contribution >= 0.6 is 23.2 Å². The van der Waals surface area contributed by atoms with Crippen molar-refractivity contribution in [2.24, 2.45) is 0 Å². The lowest BCUT2D eigenvalue weighted by atomic mass is 10.1. The standard InChI is InChI=1S/C23H17Cl2N3O/c1-14-10-22(26-18-7-3-6-17(25)12-18)28-21-9-8-19(13-20(14)21)27-23(29)15-4-2-5-16(24)11-15/h2-13H,1H3,(H,26,28)(H,27,29). The van der Waals surface area contributed by atoms with E-state index in [1.807, 2.05) is 55.5 Å². The summed E-state index contributed by atoms with van der Waals surface area (Å²) in [5.41, 5.74) is 3.94. The molecule has 0 bridgehead atoms. The minimum atomic E-state index is -0.211. The Labute approximate surface area is 178 Å². The lowest BCUT2D eigenvalue weighted by molar-refractivity contribution is 0.102. The molecule has 3 aromatic carbocycles. The van der Waals surface area contributed by atoms with E-state index in [1.165, 1.54) is 0 Å². The van der Waals surface area contributed by atoms with Crippen LogP contribution in [0.3, 0.4) is 0 Å². The van der Waals surface area contributed by atoms with E-state index in [-0.39, 0.29) is 5.91 Å². The molecule has 1 aromatic heterocycles. The average Bonchev–Trinajstić information content (AvgIpc) is 2.68. The zero-order valence-corrected chi connectivity index (χ0v) is 17.1. The van der Waals surface area contributed by atoms with Crippen LogP contribution in [0.25, 0.3) is 10.9 Å². The number of nitrogens with zero attached hydrogens (tertiary/aromatic N) is 1. The third-order valence-electron chi connectivity index (χ3n) is 4.46. The first-order chi connectivity index (χ1) is 14.0. The maximum Gasteiger partial charge on any atom is 0.255 e. The lowest BCUT2D eigenvalue weighted by Crippen LogP contribution is -2.11. The molecule has 29 heavy (non-hydrogen) atoms. The van der Waals surface area contributed by atoms with Gasteiger partial charge < -0.3 is 10.6 Å². The summed E-state index contributed by atoms with van der Waals surface area (Å²) >= 11 is 12.0. The van der Waals surface area contributed by atoms with Gasteiger partial charge in [-0.05, 0) is 73.2 Å². The fourth-order valence-corrected chi connectivity index (χ4v) is 3.46. The Morgan fingerprint density at radius 1 is 0.862 bits per heavy atom. The molecule has 4 aromatic rings. The summed E-state index contributed by atoms with van der Waals surface area (Å²) in [6.07, 6.45) is 0. The second-order valence-corrected chi connectivity index (χ2v) is 7.53. The molecule has 0 aliphatic carbocycles. The fourth-order valence-electron chi connectivity index (χ4n) is 3.08. The van der Waals surface area contributed by atoms with Crippen LogP contribution in [0, 0.1) is 6.92 Å². The van der Waals surface area contributed by atoms with E-state index in [2.05, 4.69) is 15.6 Å². The molecule has 0 unspecified atom stereocenters. The summed E-state index contributed by atoms with van der Waals surface area (Å²) in [6, 6.07) is 21.9. The Balaban J connectivity index is 1.59. The van der Waals surface area contributed by atoms with E-state index in [0.29, 0.717) is 21.3 Å². The molecular formula is C23H17Cl2N3O. The van der Waals surface area contributed by atoms with Crippen molar-refractivity contribution in [1.29, 1.82) is 0 Å². The molecule has 0 fully saturated rings. The molecule has 0 aliphatic rings. The van der Waals surface area contributed by atoms with E-state index in [0.717, 1.165) is 28.0 Å². The zero-order valence-electron chi connectivity index (χ0n) is 15.5. The fraction of sp³-hybridized carbons (Fsp3) is 0.0435. The third-order valence-corrected chi connectivity index (χ3v) is 4.93. The third kappa shape index (κ3) is 4.50. The first kappa shape index (κ1) is 19.2. The Bertz CT molecular complexity index is 1220. The van der Waals surface area contributed by atoms with Crippen molar-refractivity contribution in [2.75, 3.05) is 10.6 Å². The number of nitrogens with one attached hydrogen (secondary N) is 2. The van der Waals surface area contributed by atoms with Crippen molar-refractivity contribution in [3.63, 3.8) is 0 Å². The van der Waals surface area contributed by atoms with Gasteiger partial charge in [0, 0.05) is 32.4 Å². The molecule has 4 rings (SSSR count). The number of fused-ring (bicyclic) bond motifs is 1. The zero-order chi connectivity index (χ0) is 20.4. The number of amides is 1. The SMILES string of the molecule is Cc1cc(Nc2cccc(Cl)c2)nc2ccc(NC(=O)c3cccc(Cl)c3)cc12. The van der Waals surface area contributed by atoms with Crippen molar-refractivity contribution in [3.05, 3.63) is 94.0 Å². The number of benzene rings is 3. The second kappa shape index (κ2) is 8.11. The number of anilines is 3. The minimum Gasteiger partial charge on any atom is -0.340 e. The maximum atomic E-state index is 12.5. The van der Waals surface area contributed by atoms with Gasteiger partial charge in [-0.3, -0.25) is 4.79 Å². The van der Waals surface area contributed by atoms with Crippen LogP contribution in [0.1, 0.15) is 15.9 Å². The predicted octanol–water partition coefficient (Wildman–Crippen LogP) is 6.85. The quantitative estimate of drug-likeness (QED) is 0.378. The molecule has 0 saturated carbocycles. The molecule has 0 saturated heterocycles. The highest BCUT2D eigenvalue weighted by Crippen LogP contribution is 2.26. The van der Waals surface area contributed by atoms with Gasteiger partial charge in [0.15, 0.2) is 0 Å². The van der Waals surface area contributed by atoms with Gasteiger partial charge in [-0.2, -0.15) is 0 Å². The van der Waals surface area contributed by atoms with Crippen molar-refractivity contribution < 1.29 is 4.79 Å². The van der Waals surface area contributed by atoms with Gasteiger partial charge in [0.1, 0.15) is 5.82 Å². The van der Waals surface area contributed by atoms with Crippen molar-refractivity contribution in [2.45, 2.75) is 6.92 Å². The highest BCUT2D eigenvalue weighted by atomic mass is 35.5. The highest BCUT2D eigenvalue weighted by Gasteiger charge is 2.09. The summed E-state index contributed by atoms with van der Waals surface area (Å²) in [6.45, 7) is 2.01. The number of hydrogen-bond acceptors (Lipinski definition) is 3. The van der Waals surface area contributed by atoms with E-state index in [9.17, 15) is 4.79 Å². The van der Waals surface area contributed by atoms with Gasteiger partial charge >= 0.3 is 0 Å². The molecular weight excluding hydrogens is 405 g/mol. The van der Waals surface area contributed by atoms with Gasteiger partial charge in [0.2, 0.25) is 0 Å². The smallest absolute Gasteiger partial charge is 0.255 e. The number of pyridine rings is 1. The number of hydrogen-bond donors (Lipinski definition) is 2. The average molecular weight is 422 g/mol. The number of rotatable bonds is 4. The molecule has 0 atom stereocenters.